The van der Waals surface area contributed by atoms with Gasteiger partial charge in [-0.05, 0) is 37.0 Å². The number of hydrogen-bond donors (Lipinski definition) is 0. The number of hydrogen-bond acceptors (Lipinski definition) is 6. The Kier molecular flexibility index (Phi) is 5.88. The number of nitrogens with zero attached hydrogens (tertiary/aromatic N) is 4. The molecule has 0 aromatic carbocycles. The van der Waals surface area contributed by atoms with Crippen LogP contribution >= 0.6 is 0 Å². The van der Waals surface area contributed by atoms with Crippen LogP contribution < -0.4 is 4.90 Å². The number of rotatable bonds is 6. The van der Waals surface area contributed by atoms with E-state index in [1.165, 1.54) is 5.56 Å². The van der Waals surface area contributed by atoms with Crippen LogP contribution in [0.2, 0.25) is 0 Å². The Labute approximate surface area is 153 Å². The highest BCUT2D eigenvalue weighted by Gasteiger charge is 2.27. The summed E-state index contributed by atoms with van der Waals surface area (Å²) in [6.07, 6.45) is 4.36. The van der Waals surface area contributed by atoms with Gasteiger partial charge in [-0.2, -0.15) is 0 Å². The molecule has 3 heterocycles. The minimum absolute atomic E-state index is 0.0252. The summed E-state index contributed by atoms with van der Waals surface area (Å²) in [6.45, 7) is 3.69. The molecule has 140 valence electrons. The zero-order chi connectivity index (χ0) is 18.5. The number of carbonyl (C=O) groups is 1. The molecule has 2 aromatic rings. The average Bonchev–Trinajstić information content (AvgIpc) is 3.15. The second-order valence-electron chi connectivity index (χ2n) is 6.74. The molecule has 26 heavy (non-hydrogen) atoms. The Bertz CT molecular complexity index is 744. The molecule has 1 fully saturated rings. The molecule has 0 saturated carbocycles. The summed E-state index contributed by atoms with van der Waals surface area (Å²) in [5.74, 6) is 1.15. The van der Waals surface area contributed by atoms with E-state index in [0.717, 1.165) is 30.8 Å². The van der Waals surface area contributed by atoms with Gasteiger partial charge in [0.1, 0.15) is 5.82 Å². The smallest absolute Gasteiger partial charge is 0.292 e. The van der Waals surface area contributed by atoms with E-state index >= 15 is 0 Å². The number of ether oxygens (including phenoxy) is 1. The molecule has 1 saturated heterocycles. The number of morpholine rings is 1. The molecule has 1 unspecified atom stereocenters. The lowest BCUT2D eigenvalue weighted by Crippen LogP contribution is -2.45. The molecule has 1 amide bonds. The summed E-state index contributed by atoms with van der Waals surface area (Å²) in [4.78, 5) is 20.7. The molecule has 3 rings (SSSR count). The third-order valence-electron chi connectivity index (χ3n) is 4.58. The quantitative estimate of drug-likeness (QED) is 0.788. The lowest BCUT2D eigenvalue weighted by molar-refractivity contribution is -0.0257. The van der Waals surface area contributed by atoms with E-state index in [0.29, 0.717) is 25.5 Å². The van der Waals surface area contributed by atoms with Crippen molar-refractivity contribution in [3.63, 3.8) is 0 Å². The molecule has 0 aliphatic carbocycles. The van der Waals surface area contributed by atoms with E-state index in [9.17, 15) is 4.79 Å². The number of pyridine rings is 1. The first kappa shape index (κ1) is 18.4. The van der Waals surface area contributed by atoms with Crippen molar-refractivity contribution >= 4 is 11.7 Å². The molecule has 1 atom stereocenters. The van der Waals surface area contributed by atoms with Crippen LogP contribution in [0.25, 0.3) is 0 Å². The number of anilines is 1. The van der Waals surface area contributed by atoms with Gasteiger partial charge in [-0.1, -0.05) is 12.1 Å². The van der Waals surface area contributed by atoms with E-state index in [4.69, 9.17) is 9.26 Å². The van der Waals surface area contributed by atoms with Crippen molar-refractivity contribution < 1.29 is 14.1 Å². The van der Waals surface area contributed by atoms with Gasteiger partial charge in [0.15, 0.2) is 0 Å². The maximum atomic E-state index is 12.6. The van der Waals surface area contributed by atoms with Crippen molar-refractivity contribution in [1.29, 1.82) is 0 Å². The monoisotopic (exact) mass is 358 g/mol. The maximum absolute atomic E-state index is 12.6. The molecule has 1 aliphatic rings. The lowest BCUT2D eigenvalue weighted by atomic mass is 10.1. The lowest BCUT2D eigenvalue weighted by Gasteiger charge is -2.32. The summed E-state index contributed by atoms with van der Waals surface area (Å²) in [6, 6.07) is 5.85. The molecule has 0 radical (unpaired) electrons. The summed E-state index contributed by atoms with van der Waals surface area (Å²) >= 11 is 0. The summed E-state index contributed by atoms with van der Waals surface area (Å²) in [7, 11) is 3.96. The average molecular weight is 358 g/mol. The minimum atomic E-state index is -0.107. The number of aryl methyl sites for hydroxylation is 2. The maximum Gasteiger partial charge on any atom is 0.292 e. The van der Waals surface area contributed by atoms with Crippen LogP contribution in [0.15, 0.2) is 28.9 Å². The van der Waals surface area contributed by atoms with Crippen LogP contribution in [0.3, 0.4) is 0 Å². The molecule has 0 spiro atoms. The Morgan fingerprint density at radius 1 is 1.38 bits per heavy atom. The van der Waals surface area contributed by atoms with Gasteiger partial charge in [0, 0.05) is 39.4 Å². The van der Waals surface area contributed by atoms with E-state index < -0.39 is 0 Å². The molecule has 0 bridgehead atoms. The first-order valence-electron chi connectivity index (χ1n) is 9.05. The largest absolute Gasteiger partial charge is 0.375 e. The van der Waals surface area contributed by atoms with E-state index in [1.807, 2.05) is 38.2 Å². The van der Waals surface area contributed by atoms with Crippen molar-refractivity contribution in [2.75, 3.05) is 38.7 Å². The van der Waals surface area contributed by atoms with E-state index in [2.05, 4.69) is 16.2 Å². The van der Waals surface area contributed by atoms with Gasteiger partial charge in [0.25, 0.3) is 5.91 Å². The molecular weight excluding hydrogens is 332 g/mol. The van der Waals surface area contributed by atoms with Crippen molar-refractivity contribution in [3.05, 3.63) is 41.4 Å². The highest BCUT2D eigenvalue weighted by atomic mass is 16.5. The number of carbonyl (C=O) groups excluding carboxylic acids is 1. The van der Waals surface area contributed by atoms with Gasteiger partial charge < -0.3 is 19.1 Å². The van der Waals surface area contributed by atoms with Crippen LogP contribution in [0.4, 0.5) is 5.82 Å². The predicted molar refractivity (Wildman–Crippen MR) is 98.4 cm³/mol. The second-order valence-corrected chi connectivity index (χ2v) is 6.74. The SMILES string of the molecule is CCc1cc(C(=O)N2CCOC(CCc3ccnc(N(C)C)c3)C2)on1. The first-order valence-corrected chi connectivity index (χ1v) is 9.05. The Balaban J connectivity index is 1.56. The van der Waals surface area contributed by atoms with Gasteiger partial charge in [0.05, 0.1) is 18.4 Å². The molecule has 2 aromatic heterocycles. The summed E-state index contributed by atoms with van der Waals surface area (Å²) in [5, 5.41) is 3.90. The Morgan fingerprint density at radius 3 is 2.96 bits per heavy atom. The minimum Gasteiger partial charge on any atom is -0.375 e. The standard InChI is InChI=1S/C19H26N4O3/c1-4-15-12-17(26-21-15)19(24)23-9-10-25-16(13-23)6-5-14-7-8-20-18(11-14)22(2)3/h7-8,11-12,16H,4-6,9-10,13H2,1-3H3. The number of amides is 1. The Hall–Kier alpha value is -2.41. The van der Waals surface area contributed by atoms with Gasteiger partial charge in [-0.3, -0.25) is 4.79 Å². The fraction of sp³-hybridized carbons (Fsp3) is 0.526. The van der Waals surface area contributed by atoms with Crippen molar-refractivity contribution in [1.82, 2.24) is 15.0 Å². The molecule has 0 N–H and O–H groups in total. The third kappa shape index (κ3) is 4.40. The first-order chi connectivity index (χ1) is 12.6. The van der Waals surface area contributed by atoms with Crippen LogP contribution in [0.1, 0.15) is 35.2 Å². The topological polar surface area (TPSA) is 71.7 Å². The Morgan fingerprint density at radius 2 is 2.23 bits per heavy atom. The fourth-order valence-electron chi connectivity index (χ4n) is 3.00. The van der Waals surface area contributed by atoms with Crippen molar-refractivity contribution in [2.24, 2.45) is 0 Å². The number of aromatic nitrogens is 2. The zero-order valence-corrected chi connectivity index (χ0v) is 15.6. The predicted octanol–water partition coefficient (Wildman–Crippen LogP) is 2.17. The van der Waals surface area contributed by atoms with Gasteiger partial charge >= 0.3 is 0 Å². The van der Waals surface area contributed by atoms with E-state index in [1.54, 1.807) is 11.0 Å². The zero-order valence-electron chi connectivity index (χ0n) is 15.6. The molecule has 1 aliphatic heterocycles. The highest BCUT2D eigenvalue weighted by molar-refractivity contribution is 5.91. The van der Waals surface area contributed by atoms with Crippen LogP contribution in [-0.4, -0.2) is 60.8 Å². The van der Waals surface area contributed by atoms with Gasteiger partial charge in [-0.15, -0.1) is 0 Å². The van der Waals surface area contributed by atoms with Gasteiger partial charge in [-0.25, -0.2) is 4.98 Å². The van der Waals surface area contributed by atoms with Crippen molar-refractivity contribution in [2.45, 2.75) is 32.3 Å². The fourth-order valence-corrected chi connectivity index (χ4v) is 3.00. The molecule has 7 heteroatoms. The molecule has 7 nitrogen and oxygen atoms in total. The third-order valence-corrected chi connectivity index (χ3v) is 4.58. The highest BCUT2D eigenvalue weighted by Crippen LogP contribution is 2.17. The van der Waals surface area contributed by atoms with Crippen molar-refractivity contribution in [3.8, 4) is 0 Å². The summed E-state index contributed by atoms with van der Waals surface area (Å²) in [5.41, 5.74) is 2.02. The van der Waals surface area contributed by atoms with Crippen LogP contribution in [0.5, 0.6) is 0 Å². The molecular formula is C19H26N4O3. The normalized spacial score (nSPS) is 17.3. The van der Waals surface area contributed by atoms with E-state index in [-0.39, 0.29) is 12.0 Å². The second kappa shape index (κ2) is 8.31. The van der Waals surface area contributed by atoms with Crippen LogP contribution in [0, 0.1) is 0 Å². The van der Waals surface area contributed by atoms with Crippen LogP contribution in [-0.2, 0) is 17.6 Å². The summed E-state index contributed by atoms with van der Waals surface area (Å²) < 4.78 is 11.0. The van der Waals surface area contributed by atoms with Gasteiger partial charge in [0.2, 0.25) is 5.76 Å².